The maximum atomic E-state index is 12.0. The van der Waals surface area contributed by atoms with Crippen molar-refractivity contribution in [2.45, 2.75) is 52.0 Å². The van der Waals surface area contributed by atoms with Crippen molar-refractivity contribution < 1.29 is 9.59 Å². The Morgan fingerprint density at radius 2 is 1.86 bits per heavy atom. The maximum Gasteiger partial charge on any atom is 0.313 e. The van der Waals surface area contributed by atoms with Crippen molar-refractivity contribution in [2.75, 3.05) is 5.32 Å². The Labute approximate surface area is 140 Å². The maximum absolute atomic E-state index is 12.0. The molecule has 0 spiro atoms. The monoisotopic (exact) mass is 366 g/mol. The number of aryl methyl sites for hydroxylation is 1. The van der Waals surface area contributed by atoms with Gasteiger partial charge in [-0.1, -0.05) is 29.3 Å². The van der Waals surface area contributed by atoms with Crippen molar-refractivity contribution in [2.24, 2.45) is 5.92 Å². The number of nitrogens with one attached hydrogen (secondary N) is 2. The highest BCUT2D eigenvalue weighted by Crippen LogP contribution is 2.26. The van der Waals surface area contributed by atoms with Crippen LogP contribution in [0, 0.1) is 12.8 Å². The summed E-state index contributed by atoms with van der Waals surface area (Å²) < 4.78 is 0.975. The molecule has 0 aliphatic heterocycles. The normalized spacial score (nSPS) is 21.2. The number of benzene rings is 1. The summed E-state index contributed by atoms with van der Waals surface area (Å²) in [6.45, 7) is 4.14. The van der Waals surface area contributed by atoms with Crippen LogP contribution >= 0.6 is 15.9 Å². The van der Waals surface area contributed by atoms with Crippen molar-refractivity contribution in [3.8, 4) is 0 Å². The van der Waals surface area contributed by atoms with Crippen LogP contribution in [0.15, 0.2) is 22.7 Å². The highest BCUT2D eigenvalue weighted by Gasteiger charge is 2.23. The van der Waals surface area contributed by atoms with E-state index in [1.165, 1.54) is 6.42 Å². The molecule has 1 aliphatic carbocycles. The lowest BCUT2D eigenvalue weighted by molar-refractivity contribution is -0.136. The molecule has 1 aromatic rings. The van der Waals surface area contributed by atoms with Gasteiger partial charge >= 0.3 is 11.8 Å². The fraction of sp³-hybridized carbons (Fsp3) is 0.529. The molecular formula is C17H23BrN2O2. The number of rotatable bonds is 3. The molecule has 1 aliphatic rings. The number of halogens is 1. The summed E-state index contributed by atoms with van der Waals surface area (Å²) in [7, 11) is 0. The minimum Gasteiger partial charge on any atom is -0.345 e. The van der Waals surface area contributed by atoms with Gasteiger partial charge < -0.3 is 10.6 Å². The van der Waals surface area contributed by atoms with Crippen LogP contribution in [0.25, 0.3) is 0 Å². The van der Waals surface area contributed by atoms with Crippen LogP contribution in [-0.4, -0.2) is 17.9 Å². The van der Waals surface area contributed by atoms with Gasteiger partial charge in [-0.2, -0.15) is 0 Å². The molecule has 0 unspecified atom stereocenters. The topological polar surface area (TPSA) is 58.2 Å². The molecule has 0 atom stereocenters. The van der Waals surface area contributed by atoms with E-state index in [0.717, 1.165) is 41.6 Å². The number of carbonyl (C=O) groups is 2. The molecule has 1 fully saturated rings. The second-order valence-corrected chi connectivity index (χ2v) is 6.87. The van der Waals surface area contributed by atoms with E-state index >= 15 is 0 Å². The predicted molar refractivity (Wildman–Crippen MR) is 91.7 cm³/mol. The number of carbonyl (C=O) groups excluding carboxylic acids is 2. The van der Waals surface area contributed by atoms with Crippen LogP contribution in [0.5, 0.6) is 0 Å². The fourth-order valence-electron chi connectivity index (χ4n) is 2.88. The van der Waals surface area contributed by atoms with Crippen LogP contribution < -0.4 is 10.6 Å². The molecule has 2 amide bonds. The first-order chi connectivity index (χ1) is 10.5. The first kappa shape index (κ1) is 17.0. The molecule has 22 heavy (non-hydrogen) atoms. The number of hydrogen-bond acceptors (Lipinski definition) is 2. The summed E-state index contributed by atoms with van der Waals surface area (Å²) in [6, 6.07) is 5.60. The van der Waals surface area contributed by atoms with Crippen LogP contribution in [0.1, 0.15) is 44.6 Å². The van der Waals surface area contributed by atoms with Gasteiger partial charge in [0.25, 0.3) is 0 Å². The Morgan fingerprint density at radius 3 is 2.45 bits per heavy atom. The Morgan fingerprint density at radius 1 is 1.18 bits per heavy atom. The third-order valence-corrected chi connectivity index (χ3v) is 5.27. The summed E-state index contributed by atoms with van der Waals surface area (Å²) in [5, 5.41) is 5.50. The van der Waals surface area contributed by atoms with Crippen LogP contribution in [0.3, 0.4) is 0 Å². The Bertz CT molecular complexity index is 552. The molecule has 0 heterocycles. The zero-order valence-corrected chi connectivity index (χ0v) is 14.7. The molecule has 4 nitrogen and oxygen atoms in total. The number of anilines is 1. The summed E-state index contributed by atoms with van der Waals surface area (Å²) in [4.78, 5) is 24.0. The SMILES string of the molecule is CCC1CCC(NC(=O)C(=O)Nc2ccc(Br)c(C)c2)CC1. The Hall–Kier alpha value is -1.36. The fourth-order valence-corrected chi connectivity index (χ4v) is 3.12. The van der Waals surface area contributed by atoms with Gasteiger partial charge in [-0.25, -0.2) is 0 Å². The Kier molecular flexibility index (Phi) is 6.00. The van der Waals surface area contributed by atoms with Crippen molar-refractivity contribution in [1.29, 1.82) is 0 Å². The van der Waals surface area contributed by atoms with Gasteiger partial charge in [0.05, 0.1) is 0 Å². The second kappa shape index (κ2) is 7.77. The minimum atomic E-state index is -0.598. The van der Waals surface area contributed by atoms with Gasteiger partial charge in [0.1, 0.15) is 0 Å². The summed E-state index contributed by atoms with van der Waals surface area (Å²) in [5.41, 5.74) is 1.65. The lowest BCUT2D eigenvalue weighted by Crippen LogP contribution is -2.43. The predicted octanol–water partition coefficient (Wildman–Crippen LogP) is 3.78. The van der Waals surface area contributed by atoms with E-state index < -0.39 is 11.8 Å². The third-order valence-electron chi connectivity index (χ3n) is 4.38. The molecular weight excluding hydrogens is 344 g/mol. The summed E-state index contributed by atoms with van der Waals surface area (Å²) in [6.07, 6.45) is 5.40. The molecule has 0 bridgehead atoms. The van der Waals surface area contributed by atoms with E-state index in [-0.39, 0.29) is 6.04 Å². The zero-order valence-electron chi connectivity index (χ0n) is 13.1. The molecule has 0 aromatic heterocycles. The third kappa shape index (κ3) is 4.57. The lowest BCUT2D eigenvalue weighted by Gasteiger charge is -2.28. The van der Waals surface area contributed by atoms with Crippen LogP contribution in [0.4, 0.5) is 5.69 Å². The average Bonchev–Trinajstić information content (AvgIpc) is 2.51. The highest BCUT2D eigenvalue weighted by molar-refractivity contribution is 9.10. The molecule has 2 rings (SSSR count). The highest BCUT2D eigenvalue weighted by atomic mass is 79.9. The number of amides is 2. The van der Waals surface area contributed by atoms with Crippen molar-refractivity contribution in [3.05, 3.63) is 28.2 Å². The van der Waals surface area contributed by atoms with Gasteiger partial charge in [-0.3, -0.25) is 9.59 Å². The Balaban J connectivity index is 1.84. The van der Waals surface area contributed by atoms with Gasteiger partial charge in [-0.05, 0) is 62.3 Å². The first-order valence-corrected chi connectivity index (χ1v) is 8.67. The minimum absolute atomic E-state index is 0.132. The van der Waals surface area contributed by atoms with Crippen molar-refractivity contribution in [3.63, 3.8) is 0 Å². The smallest absolute Gasteiger partial charge is 0.313 e. The molecule has 5 heteroatoms. The largest absolute Gasteiger partial charge is 0.345 e. The lowest BCUT2D eigenvalue weighted by atomic mass is 9.84. The average molecular weight is 367 g/mol. The standard InChI is InChI=1S/C17H23BrN2O2/c1-3-12-4-6-13(7-5-12)19-16(21)17(22)20-14-8-9-15(18)11(2)10-14/h8-10,12-13H,3-7H2,1-2H3,(H,19,21)(H,20,22). The van der Waals surface area contributed by atoms with E-state index in [1.54, 1.807) is 6.07 Å². The van der Waals surface area contributed by atoms with E-state index in [9.17, 15) is 9.59 Å². The van der Waals surface area contributed by atoms with Gasteiger partial charge in [0.15, 0.2) is 0 Å². The molecule has 2 N–H and O–H groups in total. The quantitative estimate of drug-likeness (QED) is 0.799. The first-order valence-electron chi connectivity index (χ1n) is 7.87. The zero-order chi connectivity index (χ0) is 16.1. The van der Waals surface area contributed by atoms with Crippen molar-refractivity contribution in [1.82, 2.24) is 5.32 Å². The molecule has 1 aromatic carbocycles. The van der Waals surface area contributed by atoms with E-state index in [1.807, 2.05) is 19.1 Å². The van der Waals surface area contributed by atoms with E-state index in [0.29, 0.717) is 5.69 Å². The van der Waals surface area contributed by atoms with Crippen molar-refractivity contribution >= 4 is 33.4 Å². The van der Waals surface area contributed by atoms with E-state index in [2.05, 4.69) is 33.5 Å². The molecule has 1 saturated carbocycles. The molecule has 120 valence electrons. The van der Waals surface area contributed by atoms with Crippen LogP contribution in [-0.2, 0) is 9.59 Å². The van der Waals surface area contributed by atoms with Gasteiger partial charge in [0, 0.05) is 16.2 Å². The van der Waals surface area contributed by atoms with Gasteiger partial charge in [0.2, 0.25) is 0 Å². The molecule has 0 saturated heterocycles. The van der Waals surface area contributed by atoms with Gasteiger partial charge in [-0.15, -0.1) is 0 Å². The van der Waals surface area contributed by atoms with E-state index in [4.69, 9.17) is 0 Å². The summed E-state index contributed by atoms with van der Waals surface area (Å²) >= 11 is 3.41. The van der Waals surface area contributed by atoms with Crippen LogP contribution in [0.2, 0.25) is 0 Å². The second-order valence-electron chi connectivity index (χ2n) is 6.02. The summed E-state index contributed by atoms with van der Waals surface area (Å²) in [5.74, 6) is -0.368. The molecule has 0 radical (unpaired) electrons. The number of hydrogen-bond donors (Lipinski definition) is 2.